The van der Waals surface area contributed by atoms with Crippen LogP contribution in [-0.2, 0) is 0 Å². The van der Waals surface area contributed by atoms with E-state index in [9.17, 15) is 4.79 Å². The van der Waals surface area contributed by atoms with Crippen LogP contribution in [0, 0.1) is 0 Å². The van der Waals surface area contributed by atoms with Crippen LogP contribution in [0.3, 0.4) is 0 Å². The Morgan fingerprint density at radius 1 is 1.50 bits per heavy atom. The van der Waals surface area contributed by atoms with E-state index in [-0.39, 0.29) is 0 Å². The first-order valence-corrected chi connectivity index (χ1v) is 5.45. The number of carbonyl (C=O) groups is 1. The van der Waals surface area contributed by atoms with Gasteiger partial charge < -0.3 is 15.3 Å². The summed E-state index contributed by atoms with van der Waals surface area (Å²) in [5.74, 6) is 0. The van der Waals surface area contributed by atoms with Crippen LogP contribution in [0.15, 0.2) is 0 Å². The number of amides is 1. The first-order chi connectivity index (χ1) is 6.74. The molecule has 1 fully saturated rings. The molecule has 0 spiro atoms. The van der Waals surface area contributed by atoms with Crippen LogP contribution in [0.1, 0.15) is 32.6 Å². The van der Waals surface area contributed by atoms with Crippen LogP contribution in [0.4, 0.5) is 4.79 Å². The van der Waals surface area contributed by atoms with Crippen molar-refractivity contribution < 1.29 is 9.90 Å². The summed E-state index contributed by atoms with van der Waals surface area (Å²) in [4.78, 5) is 12.1. The average Bonchev–Trinajstić information content (AvgIpc) is 2.19. The van der Waals surface area contributed by atoms with Gasteiger partial charge in [0.15, 0.2) is 0 Å². The molecule has 1 amide bonds. The molecule has 1 saturated heterocycles. The van der Waals surface area contributed by atoms with E-state index in [1.54, 1.807) is 0 Å². The Hall–Kier alpha value is -0.770. The predicted octanol–water partition coefficient (Wildman–Crippen LogP) is 1.52. The molecule has 0 aliphatic carbocycles. The zero-order valence-corrected chi connectivity index (χ0v) is 8.83. The minimum atomic E-state index is -0.781. The van der Waals surface area contributed by atoms with Gasteiger partial charge in [0.05, 0.1) is 0 Å². The molecule has 1 aliphatic heterocycles. The summed E-state index contributed by atoms with van der Waals surface area (Å²) in [6.45, 7) is 4.60. The monoisotopic (exact) mass is 200 g/mol. The zero-order chi connectivity index (χ0) is 10.4. The quantitative estimate of drug-likeness (QED) is 0.676. The highest BCUT2D eigenvalue weighted by atomic mass is 16.4. The number of hydrogen-bond donors (Lipinski definition) is 2. The van der Waals surface area contributed by atoms with Gasteiger partial charge >= 0.3 is 6.09 Å². The van der Waals surface area contributed by atoms with Crippen LogP contribution < -0.4 is 5.32 Å². The van der Waals surface area contributed by atoms with E-state index in [1.165, 1.54) is 17.7 Å². The van der Waals surface area contributed by atoms with Crippen LogP contribution in [-0.4, -0.2) is 41.8 Å². The van der Waals surface area contributed by atoms with E-state index in [4.69, 9.17) is 5.11 Å². The van der Waals surface area contributed by atoms with Crippen LogP contribution in [0.2, 0.25) is 0 Å². The zero-order valence-electron chi connectivity index (χ0n) is 8.83. The van der Waals surface area contributed by atoms with E-state index in [0.29, 0.717) is 19.1 Å². The molecule has 0 unspecified atom stereocenters. The van der Waals surface area contributed by atoms with Gasteiger partial charge in [-0.1, -0.05) is 13.3 Å². The lowest BCUT2D eigenvalue weighted by molar-refractivity contribution is 0.129. The van der Waals surface area contributed by atoms with Gasteiger partial charge in [-0.05, 0) is 25.8 Å². The Morgan fingerprint density at radius 3 is 2.64 bits per heavy atom. The van der Waals surface area contributed by atoms with Gasteiger partial charge in [0.2, 0.25) is 0 Å². The maximum atomic E-state index is 10.6. The lowest BCUT2D eigenvalue weighted by atomic mass is 10.1. The van der Waals surface area contributed by atoms with E-state index < -0.39 is 6.09 Å². The van der Waals surface area contributed by atoms with Crippen molar-refractivity contribution in [3.8, 4) is 0 Å². The molecule has 0 atom stereocenters. The van der Waals surface area contributed by atoms with Crippen molar-refractivity contribution in [1.82, 2.24) is 10.2 Å². The Bertz CT molecular complexity index is 177. The fraction of sp³-hybridized carbons (Fsp3) is 0.900. The predicted molar refractivity (Wildman–Crippen MR) is 55.5 cm³/mol. The molecule has 0 bridgehead atoms. The highest BCUT2D eigenvalue weighted by Crippen LogP contribution is 2.10. The number of likely N-dealkylation sites (tertiary alicyclic amines) is 1. The molecule has 82 valence electrons. The number of unbranched alkanes of at least 4 members (excludes halogenated alkanes) is 1. The maximum absolute atomic E-state index is 10.6. The largest absolute Gasteiger partial charge is 0.465 e. The molecule has 0 radical (unpaired) electrons. The van der Waals surface area contributed by atoms with Gasteiger partial charge in [-0.2, -0.15) is 0 Å². The minimum absolute atomic E-state index is 0.525. The molecular formula is C10H20N2O2. The van der Waals surface area contributed by atoms with E-state index in [2.05, 4.69) is 12.2 Å². The van der Waals surface area contributed by atoms with E-state index >= 15 is 0 Å². The third-order valence-corrected chi connectivity index (χ3v) is 2.73. The fourth-order valence-corrected chi connectivity index (χ4v) is 1.76. The summed E-state index contributed by atoms with van der Waals surface area (Å²) in [5, 5.41) is 12.2. The number of nitrogens with one attached hydrogen (secondary N) is 1. The summed E-state index contributed by atoms with van der Waals surface area (Å²) >= 11 is 0. The lowest BCUT2D eigenvalue weighted by Gasteiger charge is -2.30. The summed E-state index contributed by atoms with van der Waals surface area (Å²) in [6.07, 6.45) is 3.54. The normalized spacial score (nSPS) is 18.5. The Labute approximate surface area is 85.3 Å². The van der Waals surface area contributed by atoms with Crippen molar-refractivity contribution in [2.45, 2.75) is 38.6 Å². The molecular weight excluding hydrogens is 180 g/mol. The summed E-state index contributed by atoms with van der Waals surface area (Å²) in [5.41, 5.74) is 0. The van der Waals surface area contributed by atoms with Crippen molar-refractivity contribution in [3.05, 3.63) is 0 Å². The van der Waals surface area contributed by atoms with Gasteiger partial charge in [0, 0.05) is 19.1 Å². The fourth-order valence-electron chi connectivity index (χ4n) is 1.76. The molecule has 1 heterocycles. The molecule has 0 aromatic heterocycles. The van der Waals surface area contributed by atoms with Crippen molar-refractivity contribution in [2.75, 3.05) is 19.6 Å². The number of piperidine rings is 1. The molecule has 1 rings (SSSR count). The van der Waals surface area contributed by atoms with Crippen molar-refractivity contribution >= 4 is 6.09 Å². The van der Waals surface area contributed by atoms with E-state index in [0.717, 1.165) is 19.4 Å². The second kappa shape index (κ2) is 5.86. The molecule has 0 saturated carbocycles. The lowest BCUT2D eigenvalue weighted by Crippen LogP contribution is -2.44. The number of hydrogen-bond acceptors (Lipinski definition) is 2. The van der Waals surface area contributed by atoms with Crippen LogP contribution in [0.5, 0.6) is 0 Å². The average molecular weight is 200 g/mol. The maximum Gasteiger partial charge on any atom is 0.407 e. The van der Waals surface area contributed by atoms with Crippen molar-refractivity contribution in [2.24, 2.45) is 0 Å². The molecule has 0 aromatic rings. The van der Waals surface area contributed by atoms with Gasteiger partial charge in [-0.15, -0.1) is 0 Å². The molecule has 14 heavy (non-hydrogen) atoms. The first-order valence-electron chi connectivity index (χ1n) is 5.45. The van der Waals surface area contributed by atoms with Gasteiger partial charge in [-0.25, -0.2) is 4.79 Å². The number of nitrogens with zero attached hydrogens (tertiary/aromatic N) is 1. The minimum Gasteiger partial charge on any atom is -0.465 e. The Kier molecular flexibility index (Phi) is 4.73. The Balaban J connectivity index is 2.12. The molecule has 4 heteroatoms. The third kappa shape index (κ3) is 3.54. The van der Waals surface area contributed by atoms with Crippen LogP contribution >= 0.6 is 0 Å². The van der Waals surface area contributed by atoms with E-state index in [1.807, 2.05) is 0 Å². The highest BCUT2D eigenvalue weighted by molar-refractivity contribution is 5.65. The second-order valence-electron chi connectivity index (χ2n) is 3.85. The summed E-state index contributed by atoms with van der Waals surface area (Å²) in [7, 11) is 0. The SMILES string of the molecule is CCCCNC1CCN(C(=O)O)CC1. The topological polar surface area (TPSA) is 52.6 Å². The Morgan fingerprint density at radius 2 is 2.14 bits per heavy atom. The number of carboxylic acid groups (broad SMARTS) is 1. The van der Waals surface area contributed by atoms with Gasteiger partial charge in [-0.3, -0.25) is 0 Å². The second-order valence-corrected chi connectivity index (χ2v) is 3.85. The third-order valence-electron chi connectivity index (χ3n) is 2.73. The molecule has 2 N–H and O–H groups in total. The smallest absolute Gasteiger partial charge is 0.407 e. The standard InChI is InChI=1S/C10H20N2O2/c1-2-3-6-11-9-4-7-12(8-5-9)10(13)14/h9,11H,2-8H2,1H3,(H,13,14). The molecule has 0 aromatic carbocycles. The first kappa shape index (κ1) is 11.3. The summed E-state index contributed by atoms with van der Waals surface area (Å²) in [6, 6.07) is 0.525. The molecule has 1 aliphatic rings. The van der Waals surface area contributed by atoms with Gasteiger partial charge in [0.25, 0.3) is 0 Å². The van der Waals surface area contributed by atoms with Crippen molar-refractivity contribution in [3.63, 3.8) is 0 Å². The highest BCUT2D eigenvalue weighted by Gasteiger charge is 2.21. The number of rotatable bonds is 4. The van der Waals surface area contributed by atoms with Gasteiger partial charge in [0.1, 0.15) is 0 Å². The molecule has 4 nitrogen and oxygen atoms in total. The van der Waals surface area contributed by atoms with Crippen molar-refractivity contribution in [1.29, 1.82) is 0 Å². The summed E-state index contributed by atoms with van der Waals surface area (Å²) < 4.78 is 0. The van der Waals surface area contributed by atoms with Crippen LogP contribution in [0.25, 0.3) is 0 Å².